The van der Waals surface area contributed by atoms with Gasteiger partial charge in [0.15, 0.2) is 0 Å². The molecule has 3 heteroatoms. The highest BCUT2D eigenvalue weighted by Gasteiger charge is 2.13. The summed E-state index contributed by atoms with van der Waals surface area (Å²) in [6, 6.07) is 0.690. The first kappa shape index (κ1) is 14.9. The molecule has 0 fully saturated rings. The molecule has 0 aromatic heterocycles. The van der Waals surface area contributed by atoms with E-state index in [1.807, 2.05) is 6.92 Å². The average Bonchev–Trinajstić information content (AvgIpc) is 2.26. The van der Waals surface area contributed by atoms with Crippen LogP contribution in [0, 0.1) is 0 Å². The molecular formula is C12H28N2O. The van der Waals surface area contributed by atoms with Crippen molar-refractivity contribution in [3.05, 3.63) is 0 Å². The van der Waals surface area contributed by atoms with Gasteiger partial charge in [-0.2, -0.15) is 0 Å². The maximum absolute atomic E-state index is 5.63. The van der Waals surface area contributed by atoms with Crippen LogP contribution >= 0.6 is 0 Å². The Labute approximate surface area is 95.0 Å². The quantitative estimate of drug-likeness (QED) is 0.567. The highest BCUT2D eigenvalue weighted by molar-refractivity contribution is 4.69. The van der Waals surface area contributed by atoms with Crippen molar-refractivity contribution in [1.82, 2.24) is 4.90 Å². The molecule has 0 radical (unpaired) electrons. The maximum Gasteiger partial charge on any atom is 0.0478 e. The number of hydrogen-bond donors (Lipinski definition) is 1. The molecule has 0 rings (SSSR count). The smallest absolute Gasteiger partial charge is 0.0478 e. The molecule has 0 aromatic rings. The van der Waals surface area contributed by atoms with Gasteiger partial charge in [-0.15, -0.1) is 0 Å². The highest BCUT2D eigenvalue weighted by atomic mass is 16.5. The van der Waals surface area contributed by atoms with E-state index in [1.54, 1.807) is 0 Å². The second-order valence-corrected chi connectivity index (χ2v) is 3.85. The zero-order valence-corrected chi connectivity index (χ0v) is 10.7. The summed E-state index contributed by atoms with van der Waals surface area (Å²) in [5, 5.41) is 0. The summed E-state index contributed by atoms with van der Waals surface area (Å²) in [5.41, 5.74) is 5.63. The standard InChI is InChI=1S/C12H28N2O/c1-4-12(5-2)14(10-8-13)9-7-11-15-6-3/h12H,4-11,13H2,1-3H3. The number of hydrogen-bond acceptors (Lipinski definition) is 3. The molecule has 2 N–H and O–H groups in total. The minimum absolute atomic E-state index is 0.690. The van der Waals surface area contributed by atoms with E-state index in [0.717, 1.165) is 39.3 Å². The van der Waals surface area contributed by atoms with Crippen molar-refractivity contribution >= 4 is 0 Å². The Kier molecular flexibility index (Phi) is 10.3. The van der Waals surface area contributed by atoms with Crippen LogP contribution in [0.4, 0.5) is 0 Å². The molecule has 92 valence electrons. The summed E-state index contributed by atoms with van der Waals surface area (Å²) in [4.78, 5) is 2.50. The summed E-state index contributed by atoms with van der Waals surface area (Å²) in [6.07, 6.45) is 3.54. The third-order valence-corrected chi connectivity index (χ3v) is 2.81. The largest absolute Gasteiger partial charge is 0.382 e. The molecule has 0 saturated heterocycles. The van der Waals surface area contributed by atoms with Gasteiger partial charge in [-0.1, -0.05) is 13.8 Å². The van der Waals surface area contributed by atoms with Gasteiger partial charge in [-0.25, -0.2) is 0 Å². The summed E-state index contributed by atoms with van der Waals surface area (Å²) in [5.74, 6) is 0. The first-order chi connectivity index (χ1) is 7.29. The number of nitrogens with zero attached hydrogens (tertiary/aromatic N) is 1. The zero-order valence-electron chi connectivity index (χ0n) is 10.7. The Balaban J connectivity index is 3.80. The van der Waals surface area contributed by atoms with E-state index in [0.29, 0.717) is 6.04 Å². The van der Waals surface area contributed by atoms with E-state index in [9.17, 15) is 0 Å². The molecule has 0 atom stereocenters. The van der Waals surface area contributed by atoms with Crippen molar-refractivity contribution in [1.29, 1.82) is 0 Å². The topological polar surface area (TPSA) is 38.5 Å². The van der Waals surface area contributed by atoms with Crippen LogP contribution < -0.4 is 5.73 Å². The molecule has 15 heavy (non-hydrogen) atoms. The Morgan fingerprint density at radius 1 is 1.13 bits per heavy atom. The summed E-state index contributed by atoms with van der Waals surface area (Å²) in [6.45, 7) is 11.1. The zero-order chi connectivity index (χ0) is 11.5. The van der Waals surface area contributed by atoms with Gasteiger partial charge in [-0.05, 0) is 26.2 Å². The molecule has 0 aliphatic carbocycles. The molecule has 0 unspecified atom stereocenters. The SMILES string of the molecule is CCOCCCN(CCN)C(CC)CC. The normalized spacial score (nSPS) is 11.6. The Morgan fingerprint density at radius 3 is 2.27 bits per heavy atom. The average molecular weight is 216 g/mol. The van der Waals surface area contributed by atoms with Crippen LogP contribution in [0.25, 0.3) is 0 Å². The number of nitrogens with two attached hydrogens (primary N) is 1. The number of ether oxygens (including phenoxy) is 1. The van der Waals surface area contributed by atoms with Gasteiger partial charge in [0.1, 0.15) is 0 Å². The van der Waals surface area contributed by atoms with Gasteiger partial charge < -0.3 is 10.5 Å². The second kappa shape index (κ2) is 10.4. The van der Waals surface area contributed by atoms with Crippen LogP contribution in [0.5, 0.6) is 0 Å². The van der Waals surface area contributed by atoms with Gasteiger partial charge in [-0.3, -0.25) is 4.90 Å². The monoisotopic (exact) mass is 216 g/mol. The molecule has 0 saturated carbocycles. The lowest BCUT2D eigenvalue weighted by molar-refractivity contribution is 0.119. The van der Waals surface area contributed by atoms with Crippen LogP contribution in [0.15, 0.2) is 0 Å². The van der Waals surface area contributed by atoms with Gasteiger partial charge in [0, 0.05) is 38.9 Å². The Morgan fingerprint density at radius 2 is 1.80 bits per heavy atom. The Bertz CT molecular complexity index is 127. The molecule has 3 nitrogen and oxygen atoms in total. The van der Waals surface area contributed by atoms with E-state index in [1.165, 1.54) is 12.8 Å². The van der Waals surface area contributed by atoms with Crippen LogP contribution in [-0.4, -0.2) is 43.8 Å². The van der Waals surface area contributed by atoms with E-state index < -0.39 is 0 Å². The third kappa shape index (κ3) is 6.88. The fraction of sp³-hybridized carbons (Fsp3) is 1.00. The van der Waals surface area contributed by atoms with Crippen LogP contribution in [0.3, 0.4) is 0 Å². The predicted octanol–water partition coefficient (Wildman–Crippen LogP) is 1.86. The van der Waals surface area contributed by atoms with E-state index in [2.05, 4.69) is 18.7 Å². The summed E-state index contributed by atoms with van der Waals surface area (Å²) in [7, 11) is 0. The molecule has 0 aromatic carbocycles. The van der Waals surface area contributed by atoms with Crippen molar-refractivity contribution < 1.29 is 4.74 Å². The minimum atomic E-state index is 0.690. The van der Waals surface area contributed by atoms with Crippen LogP contribution in [0.1, 0.15) is 40.0 Å². The second-order valence-electron chi connectivity index (χ2n) is 3.85. The van der Waals surface area contributed by atoms with Crippen LogP contribution in [0.2, 0.25) is 0 Å². The van der Waals surface area contributed by atoms with Crippen molar-refractivity contribution in [2.24, 2.45) is 5.73 Å². The lowest BCUT2D eigenvalue weighted by atomic mass is 10.1. The third-order valence-electron chi connectivity index (χ3n) is 2.81. The van der Waals surface area contributed by atoms with Gasteiger partial charge in [0.05, 0.1) is 0 Å². The minimum Gasteiger partial charge on any atom is -0.382 e. The molecule has 0 bridgehead atoms. The molecule has 0 spiro atoms. The molecule has 0 amide bonds. The van der Waals surface area contributed by atoms with Gasteiger partial charge in [0.25, 0.3) is 0 Å². The van der Waals surface area contributed by atoms with Crippen molar-refractivity contribution in [3.63, 3.8) is 0 Å². The number of rotatable bonds is 10. The highest BCUT2D eigenvalue weighted by Crippen LogP contribution is 2.08. The van der Waals surface area contributed by atoms with E-state index >= 15 is 0 Å². The maximum atomic E-state index is 5.63. The van der Waals surface area contributed by atoms with Gasteiger partial charge >= 0.3 is 0 Å². The molecule has 0 aliphatic rings. The summed E-state index contributed by atoms with van der Waals surface area (Å²) < 4.78 is 5.35. The lowest BCUT2D eigenvalue weighted by Crippen LogP contribution is -2.39. The molecular weight excluding hydrogens is 188 g/mol. The van der Waals surface area contributed by atoms with E-state index in [-0.39, 0.29) is 0 Å². The Hall–Kier alpha value is -0.120. The van der Waals surface area contributed by atoms with Crippen molar-refractivity contribution in [3.8, 4) is 0 Å². The van der Waals surface area contributed by atoms with Crippen molar-refractivity contribution in [2.45, 2.75) is 46.1 Å². The predicted molar refractivity (Wildman–Crippen MR) is 66.1 cm³/mol. The fourth-order valence-electron chi connectivity index (χ4n) is 1.96. The van der Waals surface area contributed by atoms with Crippen molar-refractivity contribution in [2.75, 3.05) is 32.8 Å². The molecule has 0 heterocycles. The van der Waals surface area contributed by atoms with Crippen LogP contribution in [-0.2, 0) is 4.74 Å². The lowest BCUT2D eigenvalue weighted by Gasteiger charge is -2.29. The molecule has 0 aliphatic heterocycles. The first-order valence-corrected chi connectivity index (χ1v) is 6.31. The first-order valence-electron chi connectivity index (χ1n) is 6.31. The van der Waals surface area contributed by atoms with E-state index in [4.69, 9.17) is 10.5 Å². The van der Waals surface area contributed by atoms with Gasteiger partial charge in [0.2, 0.25) is 0 Å². The summed E-state index contributed by atoms with van der Waals surface area (Å²) >= 11 is 0. The fourth-order valence-corrected chi connectivity index (χ4v) is 1.96.